The SMILES string of the molecule is CCCC1CCC2(CC1)OC(=O)C(C)=C(OC)O2. The van der Waals surface area contributed by atoms with Crippen molar-refractivity contribution in [1.82, 2.24) is 0 Å². The lowest BCUT2D eigenvalue weighted by molar-refractivity contribution is -0.255. The third-order valence-electron chi connectivity index (χ3n) is 3.92. The van der Waals surface area contributed by atoms with E-state index in [1.807, 2.05) is 0 Å². The minimum absolute atomic E-state index is 0.313. The summed E-state index contributed by atoms with van der Waals surface area (Å²) in [6.45, 7) is 3.87. The van der Waals surface area contributed by atoms with E-state index in [2.05, 4.69) is 6.92 Å². The number of carbonyl (C=O) groups is 1. The predicted molar refractivity (Wildman–Crippen MR) is 66.5 cm³/mol. The van der Waals surface area contributed by atoms with E-state index in [1.165, 1.54) is 20.0 Å². The summed E-state index contributed by atoms with van der Waals surface area (Å²) in [7, 11) is 1.52. The Bertz CT molecular complexity index is 351. The van der Waals surface area contributed by atoms with Gasteiger partial charge in [0.05, 0.1) is 7.11 Å². The van der Waals surface area contributed by atoms with E-state index < -0.39 is 5.79 Å². The van der Waals surface area contributed by atoms with Gasteiger partial charge in [0.2, 0.25) is 0 Å². The molecule has 4 heteroatoms. The van der Waals surface area contributed by atoms with Crippen molar-refractivity contribution < 1.29 is 19.0 Å². The third-order valence-corrected chi connectivity index (χ3v) is 3.92. The van der Waals surface area contributed by atoms with Gasteiger partial charge in [0.1, 0.15) is 5.57 Å². The molecule has 2 aliphatic rings. The van der Waals surface area contributed by atoms with Crippen LogP contribution < -0.4 is 0 Å². The lowest BCUT2D eigenvalue weighted by Crippen LogP contribution is -2.45. The zero-order valence-electron chi connectivity index (χ0n) is 11.5. The molecular weight excluding hydrogens is 232 g/mol. The minimum atomic E-state index is -0.772. The fourth-order valence-electron chi connectivity index (χ4n) is 2.81. The van der Waals surface area contributed by atoms with Gasteiger partial charge in [-0.25, -0.2) is 4.79 Å². The van der Waals surface area contributed by atoms with E-state index in [9.17, 15) is 4.79 Å². The molecule has 0 radical (unpaired) electrons. The first-order chi connectivity index (χ1) is 8.60. The number of ether oxygens (including phenoxy) is 3. The highest BCUT2D eigenvalue weighted by Gasteiger charge is 2.45. The van der Waals surface area contributed by atoms with Gasteiger partial charge in [-0.3, -0.25) is 0 Å². The van der Waals surface area contributed by atoms with E-state index in [-0.39, 0.29) is 5.97 Å². The predicted octanol–water partition coefficient (Wildman–Crippen LogP) is 3.12. The molecular formula is C14H22O4. The molecule has 18 heavy (non-hydrogen) atoms. The molecule has 0 bridgehead atoms. The van der Waals surface area contributed by atoms with Gasteiger partial charge < -0.3 is 14.2 Å². The molecule has 0 aromatic rings. The molecule has 4 nitrogen and oxygen atoms in total. The lowest BCUT2D eigenvalue weighted by atomic mass is 9.82. The normalized spacial score (nSPS) is 32.2. The van der Waals surface area contributed by atoms with Crippen LogP contribution in [0.15, 0.2) is 11.5 Å². The maximum Gasteiger partial charge on any atom is 0.344 e. The number of carbonyl (C=O) groups excluding carboxylic acids is 1. The number of rotatable bonds is 3. The highest BCUT2D eigenvalue weighted by Crippen LogP contribution is 2.41. The van der Waals surface area contributed by atoms with E-state index in [0.717, 1.165) is 31.6 Å². The van der Waals surface area contributed by atoms with Crippen LogP contribution in [-0.2, 0) is 19.0 Å². The largest absolute Gasteiger partial charge is 0.468 e. The van der Waals surface area contributed by atoms with Gasteiger partial charge in [0.25, 0.3) is 11.7 Å². The Kier molecular flexibility index (Phi) is 3.83. The molecule has 0 unspecified atom stereocenters. The Labute approximate surface area is 108 Å². The fourth-order valence-corrected chi connectivity index (χ4v) is 2.81. The van der Waals surface area contributed by atoms with Crippen LogP contribution in [0, 0.1) is 5.92 Å². The van der Waals surface area contributed by atoms with Gasteiger partial charge in [-0.05, 0) is 25.7 Å². The van der Waals surface area contributed by atoms with Gasteiger partial charge in [-0.15, -0.1) is 0 Å². The van der Waals surface area contributed by atoms with Gasteiger partial charge >= 0.3 is 5.97 Å². The van der Waals surface area contributed by atoms with Crippen LogP contribution >= 0.6 is 0 Å². The summed E-state index contributed by atoms with van der Waals surface area (Å²) in [6, 6.07) is 0. The third kappa shape index (κ3) is 2.47. The van der Waals surface area contributed by atoms with E-state index in [1.54, 1.807) is 6.92 Å². The summed E-state index contributed by atoms with van der Waals surface area (Å²) in [5.74, 6) is -0.0280. The summed E-state index contributed by atoms with van der Waals surface area (Å²) in [6.07, 6.45) is 6.10. The lowest BCUT2D eigenvalue weighted by Gasteiger charge is -2.41. The smallest absolute Gasteiger partial charge is 0.344 e. The van der Waals surface area contributed by atoms with Crippen LogP contribution in [0.5, 0.6) is 0 Å². The summed E-state index contributed by atoms with van der Waals surface area (Å²) >= 11 is 0. The quantitative estimate of drug-likeness (QED) is 0.726. The first-order valence-electron chi connectivity index (χ1n) is 6.77. The molecule has 1 aliphatic carbocycles. The number of hydrogen-bond acceptors (Lipinski definition) is 4. The van der Waals surface area contributed by atoms with Crippen molar-refractivity contribution in [1.29, 1.82) is 0 Å². The molecule has 0 amide bonds. The first kappa shape index (κ1) is 13.2. The molecule has 2 rings (SSSR count). The van der Waals surface area contributed by atoms with Gasteiger partial charge in [-0.1, -0.05) is 19.8 Å². The van der Waals surface area contributed by atoms with Crippen LogP contribution in [0.2, 0.25) is 0 Å². The average molecular weight is 254 g/mol. The Balaban J connectivity index is 2.05. The number of esters is 1. The molecule has 1 fully saturated rings. The Morgan fingerprint density at radius 1 is 1.33 bits per heavy atom. The Morgan fingerprint density at radius 2 is 2.00 bits per heavy atom. The minimum Gasteiger partial charge on any atom is -0.468 e. The monoisotopic (exact) mass is 254 g/mol. The van der Waals surface area contributed by atoms with E-state index in [4.69, 9.17) is 14.2 Å². The number of hydrogen-bond donors (Lipinski definition) is 0. The fraction of sp³-hybridized carbons (Fsp3) is 0.786. The maximum absolute atomic E-state index is 11.8. The number of methoxy groups -OCH3 is 1. The van der Waals surface area contributed by atoms with E-state index >= 15 is 0 Å². The van der Waals surface area contributed by atoms with E-state index in [0.29, 0.717) is 11.5 Å². The van der Waals surface area contributed by atoms with Crippen LogP contribution in [-0.4, -0.2) is 18.9 Å². The molecule has 0 aromatic heterocycles. The topological polar surface area (TPSA) is 44.8 Å². The highest BCUT2D eigenvalue weighted by molar-refractivity contribution is 5.88. The molecule has 0 saturated heterocycles. The standard InChI is InChI=1S/C14H22O4/c1-4-5-11-6-8-14(9-7-11)17-12(15)10(2)13(16-3)18-14/h11H,4-9H2,1-3H3. The Morgan fingerprint density at radius 3 is 2.56 bits per heavy atom. The Hall–Kier alpha value is -1.19. The summed E-state index contributed by atoms with van der Waals surface area (Å²) in [5.41, 5.74) is 0.416. The second-order valence-electron chi connectivity index (χ2n) is 5.25. The molecule has 0 atom stereocenters. The van der Waals surface area contributed by atoms with Crippen molar-refractivity contribution in [2.24, 2.45) is 5.92 Å². The van der Waals surface area contributed by atoms with Crippen molar-refractivity contribution in [3.05, 3.63) is 11.5 Å². The highest BCUT2D eigenvalue weighted by atomic mass is 16.8. The summed E-state index contributed by atoms with van der Waals surface area (Å²) in [5, 5.41) is 0. The van der Waals surface area contributed by atoms with Crippen LogP contribution in [0.4, 0.5) is 0 Å². The zero-order valence-corrected chi connectivity index (χ0v) is 11.5. The van der Waals surface area contributed by atoms with Gasteiger partial charge in [0, 0.05) is 12.8 Å². The zero-order chi connectivity index (χ0) is 13.2. The van der Waals surface area contributed by atoms with Crippen molar-refractivity contribution >= 4 is 5.97 Å². The van der Waals surface area contributed by atoms with Crippen molar-refractivity contribution in [3.63, 3.8) is 0 Å². The molecule has 0 N–H and O–H groups in total. The van der Waals surface area contributed by atoms with Gasteiger partial charge in [0.15, 0.2) is 0 Å². The van der Waals surface area contributed by atoms with Gasteiger partial charge in [-0.2, -0.15) is 0 Å². The summed E-state index contributed by atoms with van der Waals surface area (Å²) in [4.78, 5) is 11.8. The second-order valence-corrected chi connectivity index (χ2v) is 5.25. The first-order valence-corrected chi connectivity index (χ1v) is 6.77. The second kappa shape index (κ2) is 5.21. The average Bonchev–Trinajstić information content (AvgIpc) is 2.37. The molecule has 0 aromatic carbocycles. The summed E-state index contributed by atoms with van der Waals surface area (Å²) < 4.78 is 16.4. The molecule has 102 valence electrons. The molecule has 1 spiro atoms. The van der Waals surface area contributed by atoms with Crippen LogP contribution in [0.3, 0.4) is 0 Å². The maximum atomic E-state index is 11.8. The molecule has 1 saturated carbocycles. The van der Waals surface area contributed by atoms with Crippen molar-refractivity contribution in [2.45, 2.75) is 58.2 Å². The molecule has 1 aliphatic heterocycles. The van der Waals surface area contributed by atoms with Crippen molar-refractivity contribution in [2.75, 3.05) is 7.11 Å². The molecule has 1 heterocycles. The van der Waals surface area contributed by atoms with Crippen LogP contribution in [0.1, 0.15) is 52.4 Å². The van der Waals surface area contributed by atoms with Crippen molar-refractivity contribution in [3.8, 4) is 0 Å². The van der Waals surface area contributed by atoms with Crippen LogP contribution in [0.25, 0.3) is 0 Å².